The van der Waals surface area contributed by atoms with Gasteiger partial charge in [-0.3, -0.25) is 9.40 Å². The molecular formula is C15H15N3O2S. The van der Waals surface area contributed by atoms with Crippen molar-refractivity contribution in [1.29, 1.82) is 0 Å². The molecule has 0 saturated heterocycles. The minimum Gasteiger partial charge on any atom is -0.264 e. The Bertz CT molecular complexity index is 914. The Morgan fingerprint density at radius 2 is 1.76 bits per heavy atom. The normalized spacial score (nSPS) is 11.7. The van der Waals surface area contributed by atoms with Crippen LogP contribution in [-0.4, -0.2) is 18.2 Å². The molecule has 1 aromatic heterocycles. The van der Waals surface area contributed by atoms with E-state index in [2.05, 4.69) is 9.82 Å². The van der Waals surface area contributed by atoms with E-state index in [1.807, 2.05) is 31.2 Å². The van der Waals surface area contributed by atoms with Crippen LogP contribution < -0.4 is 4.72 Å². The second kappa shape index (κ2) is 4.89. The number of hydrogen-bond acceptors (Lipinski definition) is 3. The van der Waals surface area contributed by atoms with Gasteiger partial charge in [-0.1, -0.05) is 30.3 Å². The summed E-state index contributed by atoms with van der Waals surface area (Å²) in [5.41, 5.74) is 0.758. The molecule has 0 spiro atoms. The Kier molecular flexibility index (Phi) is 3.17. The summed E-state index contributed by atoms with van der Waals surface area (Å²) in [7, 11) is -1.93. The van der Waals surface area contributed by atoms with Crippen LogP contribution in [0.25, 0.3) is 10.8 Å². The van der Waals surface area contributed by atoms with Crippen LogP contribution in [0.15, 0.2) is 53.4 Å². The third-order valence-corrected chi connectivity index (χ3v) is 4.62. The maximum atomic E-state index is 12.5. The molecule has 0 amide bonds. The van der Waals surface area contributed by atoms with Crippen LogP contribution in [-0.2, 0) is 17.1 Å². The van der Waals surface area contributed by atoms with Crippen molar-refractivity contribution in [2.75, 3.05) is 4.72 Å². The number of rotatable bonds is 3. The van der Waals surface area contributed by atoms with Crippen molar-refractivity contribution in [3.8, 4) is 0 Å². The molecule has 0 fully saturated rings. The molecule has 0 saturated carbocycles. The zero-order valence-corrected chi connectivity index (χ0v) is 12.6. The molecule has 0 aliphatic carbocycles. The highest BCUT2D eigenvalue weighted by molar-refractivity contribution is 7.92. The third-order valence-electron chi connectivity index (χ3n) is 3.27. The van der Waals surface area contributed by atoms with Crippen molar-refractivity contribution in [3.05, 3.63) is 54.2 Å². The van der Waals surface area contributed by atoms with Crippen molar-refractivity contribution in [3.63, 3.8) is 0 Å². The molecule has 3 aromatic rings. The summed E-state index contributed by atoms with van der Waals surface area (Å²) in [4.78, 5) is 0.236. The Hall–Kier alpha value is -2.34. The fraction of sp³-hybridized carbons (Fsp3) is 0.133. The molecule has 1 N–H and O–H groups in total. The van der Waals surface area contributed by atoms with Gasteiger partial charge in [0, 0.05) is 13.1 Å². The van der Waals surface area contributed by atoms with E-state index in [1.165, 1.54) is 4.68 Å². The van der Waals surface area contributed by atoms with Crippen molar-refractivity contribution >= 4 is 26.6 Å². The molecule has 2 aromatic carbocycles. The molecule has 0 atom stereocenters. The van der Waals surface area contributed by atoms with Crippen LogP contribution in [0.4, 0.5) is 5.82 Å². The minimum atomic E-state index is -3.62. The number of hydrogen-bond donors (Lipinski definition) is 1. The quantitative estimate of drug-likeness (QED) is 0.809. The molecule has 1 heterocycles. The van der Waals surface area contributed by atoms with Crippen molar-refractivity contribution in [2.24, 2.45) is 7.05 Å². The zero-order valence-electron chi connectivity index (χ0n) is 11.7. The molecule has 0 bridgehead atoms. The average Bonchev–Trinajstić information content (AvgIpc) is 2.75. The molecule has 0 aliphatic rings. The highest BCUT2D eigenvalue weighted by atomic mass is 32.2. The van der Waals surface area contributed by atoms with Crippen LogP contribution >= 0.6 is 0 Å². The van der Waals surface area contributed by atoms with Gasteiger partial charge in [0.05, 0.1) is 10.6 Å². The molecule has 0 aliphatic heterocycles. The highest BCUT2D eigenvalue weighted by Gasteiger charge is 2.16. The lowest BCUT2D eigenvalue weighted by Gasteiger charge is -2.08. The van der Waals surface area contributed by atoms with Crippen LogP contribution in [0.3, 0.4) is 0 Å². The lowest BCUT2D eigenvalue weighted by molar-refractivity contribution is 0.600. The van der Waals surface area contributed by atoms with Gasteiger partial charge in [0.15, 0.2) is 0 Å². The first kappa shape index (κ1) is 13.6. The number of sulfonamides is 1. The van der Waals surface area contributed by atoms with E-state index >= 15 is 0 Å². The van der Waals surface area contributed by atoms with Gasteiger partial charge in [-0.05, 0) is 29.8 Å². The summed E-state index contributed by atoms with van der Waals surface area (Å²) in [5, 5.41) is 6.03. The standard InChI is InChI=1S/C15H15N3O2S/c1-11-9-15(18(2)16-11)17-21(19,20)14-8-7-12-5-3-4-6-13(12)10-14/h3-10,17H,1-2H3. The van der Waals surface area contributed by atoms with Gasteiger partial charge < -0.3 is 0 Å². The maximum absolute atomic E-state index is 12.5. The topological polar surface area (TPSA) is 64.0 Å². The summed E-state index contributed by atoms with van der Waals surface area (Å²) >= 11 is 0. The Morgan fingerprint density at radius 1 is 1.05 bits per heavy atom. The van der Waals surface area contributed by atoms with Crippen LogP contribution in [0.2, 0.25) is 0 Å². The van der Waals surface area contributed by atoms with E-state index < -0.39 is 10.0 Å². The summed E-state index contributed by atoms with van der Waals surface area (Å²) in [6.07, 6.45) is 0. The van der Waals surface area contributed by atoms with Gasteiger partial charge in [-0.25, -0.2) is 8.42 Å². The van der Waals surface area contributed by atoms with Crippen LogP contribution in [0, 0.1) is 6.92 Å². The lowest BCUT2D eigenvalue weighted by atomic mass is 10.1. The van der Waals surface area contributed by atoms with Crippen LogP contribution in [0.5, 0.6) is 0 Å². The maximum Gasteiger partial charge on any atom is 0.263 e. The highest BCUT2D eigenvalue weighted by Crippen LogP contribution is 2.21. The van der Waals surface area contributed by atoms with Crippen molar-refractivity contribution in [2.45, 2.75) is 11.8 Å². The van der Waals surface area contributed by atoms with Crippen LogP contribution in [0.1, 0.15) is 5.69 Å². The summed E-state index contributed by atoms with van der Waals surface area (Å²) < 4.78 is 29.0. The first-order valence-corrected chi connectivity index (χ1v) is 7.96. The van der Waals surface area contributed by atoms with E-state index in [1.54, 1.807) is 31.3 Å². The Labute approximate surface area is 123 Å². The first-order valence-electron chi connectivity index (χ1n) is 6.48. The minimum absolute atomic E-state index is 0.236. The molecular weight excluding hydrogens is 286 g/mol. The number of benzene rings is 2. The van der Waals surface area contributed by atoms with E-state index in [4.69, 9.17) is 0 Å². The number of aryl methyl sites for hydroxylation is 2. The molecule has 0 unspecified atom stereocenters. The van der Waals surface area contributed by atoms with E-state index in [0.717, 1.165) is 16.5 Å². The Morgan fingerprint density at radius 3 is 2.43 bits per heavy atom. The molecule has 3 rings (SSSR count). The van der Waals surface area contributed by atoms with Gasteiger partial charge in [-0.15, -0.1) is 0 Å². The number of anilines is 1. The van der Waals surface area contributed by atoms with E-state index in [0.29, 0.717) is 5.82 Å². The largest absolute Gasteiger partial charge is 0.264 e. The lowest BCUT2D eigenvalue weighted by Crippen LogP contribution is -2.15. The fourth-order valence-corrected chi connectivity index (χ4v) is 3.35. The molecule has 21 heavy (non-hydrogen) atoms. The van der Waals surface area contributed by atoms with Gasteiger partial charge in [0.2, 0.25) is 0 Å². The van der Waals surface area contributed by atoms with Gasteiger partial charge in [0.25, 0.3) is 10.0 Å². The molecule has 5 nitrogen and oxygen atoms in total. The van der Waals surface area contributed by atoms with E-state index in [9.17, 15) is 8.42 Å². The summed E-state index contributed by atoms with van der Waals surface area (Å²) in [6, 6.07) is 14.4. The van der Waals surface area contributed by atoms with Gasteiger partial charge in [-0.2, -0.15) is 5.10 Å². The van der Waals surface area contributed by atoms with Crippen molar-refractivity contribution in [1.82, 2.24) is 9.78 Å². The first-order chi connectivity index (χ1) is 9.95. The second-order valence-electron chi connectivity index (χ2n) is 4.91. The number of aromatic nitrogens is 2. The third kappa shape index (κ3) is 2.62. The number of fused-ring (bicyclic) bond motifs is 1. The second-order valence-corrected chi connectivity index (χ2v) is 6.59. The SMILES string of the molecule is Cc1cc(NS(=O)(=O)c2ccc3ccccc3c2)n(C)n1. The Balaban J connectivity index is 2.01. The fourth-order valence-electron chi connectivity index (χ4n) is 2.24. The molecule has 6 heteroatoms. The molecule has 0 radical (unpaired) electrons. The number of nitrogens with zero attached hydrogens (tertiary/aromatic N) is 2. The average molecular weight is 301 g/mol. The van der Waals surface area contributed by atoms with Crippen molar-refractivity contribution < 1.29 is 8.42 Å². The zero-order chi connectivity index (χ0) is 15.0. The summed E-state index contributed by atoms with van der Waals surface area (Å²) in [6.45, 7) is 1.81. The smallest absolute Gasteiger partial charge is 0.263 e. The predicted octanol–water partition coefficient (Wildman–Crippen LogP) is 2.68. The monoisotopic (exact) mass is 301 g/mol. The summed E-state index contributed by atoms with van der Waals surface area (Å²) in [5.74, 6) is 0.445. The number of nitrogens with one attached hydrogen (secondary N) is 1. The van der Waals surface area contributed by atoms with Gasteiger partial charge >= 0.3 is 0 Å². The molecule has 108 valence electrons. The van der Waals surface area contributed by atoms with Gasteiger partial charge in [0.1, 0.15) is 5.82 Å². The van der Waals surface area contributed by atoms with E-state index in [-0.39, 0.29) is 4.90 Å². The predicted molar refractivity (Wildman–Crippen MR) is 82.7 cm³/mol.